The number of thiophene rings is 2. The van der Waals surface area contributed by atoms with E-state index in [1.807, 2.05) is 22.7 Å². The molecule has 0 nitrogen and oxygen atoms in total. The minimum absolute atomic E-state index is 1.24. The van der Waals surface area contributed by atoms with Gasteiger partial charge in [0.15, 0.2) is 0 Å². The molecule has 0 amide bonds. The molecule has 9 aromatic carbocycles. The van der Waals surface area contributed by atoms with E-state index in [1.165, 1.54) is 106 Å². The molecule has 0 radical (unpaired) electrons. The standard InChI is InChI=1S/C48H28S2/c1-2-10-29(11-3-1)30-18-19-32-27-33(21-20-31(32)26-30)45-36-13-4-6-15-38(36)46(39-16-7-5-14-37(39)45)34-22-23-41-44(28-34)49-43-25-24-40-35-12-8-9-17-42(35)50-48(40)47(41)43/h1-28H. The molecular weight excluding hydrogens is 641 g/mol. The van der Waals surface area contributed by atoms with Crippen molar-refractivity contribution in [1.82, 2.24) is 0 Å². The van der Waals surface area contributed by atoms with Crippen LogP contribution in [0.3, 0.4) is 0 Å². The van der Waals surface area contributed by atoms with Crippen molar-refractivity contribution in [2.45, 2.75) is 0 Å². The van der Waals surface area contributed by atoms with Crippen molar-refractivity contribution in [1.29, 1.82) is 0 Å². The van der Waals surface area contributed by atoms with Gasteiger partial charge in [-0.05, 0) is 96.0 Å². The summed E-state index contributed by atoms with van der Waals surface area (Å²) in [5, 5.41) is 13.1. The summed E-state index contributed by atoms with van der Waals surface area (Å²) >= 11 is 3.83. The van der Waals surface area contributed by atoms with Crippen LogP contribution in [0.25, 0.3) is 106 Å². The third-order valence-corrected chi connectivity index (χ3v) is 12.8. The number of hydrogen-bond acceptors (Lipinski definition) is 2. The van der Waals surface area contributed by atoms with Crippen LogP contribution < -0.4 is 0 Å². The Morgan fingerprint density at radius 1 is 0.280 bits per heavy atom. The summed E-state index contributed by atoms with van der Waals surface area (Å²) < 4.78 is 5.44. The van der Waals surface area contributed by atoms with Crippen LogP contribution in [0.1, 0.15) is 0 Å². The van der Waals surface area contributed by atoms with Gasteiger partial charge in [0, 0.05) is 40.3 Å². The molecule has 0 aliphatic heterocycles. The second kappa shape index (κ2) is 10.9. The summed E-state index contributed by atoms with van der Waals surface area (Å²) in [6.07, 6.45) is 0. The largest absolute Gasteiger partial charge is 0.135 e. The lowest BCUT2D eigenvalue weighted by Crippen LogP contribution is -1.91. The smallest absolute Gasteiger partial charge is 0.0448 e. The lowest BCUT2D eigenvalue weighted by atomic mass is 9.85. The molecule has 2 aromatic heterocycles. The van der Waals surface area contributed by atoms with Gasteiger partial charge >= 0.3 is 0 Å². The molecule has 11 rings (SSSR count). The van der Waals surface area contributed by atoms with Crippen LogP contribution in [0.4, 0.5) is 0 Å². The van der Waals surface area contributed by atoms with Gasteiger partial charge in [-0.2, -0.15) is 0 Å². The fourth-order valence-electron chi connectivity index (χ4n) is 8.16. The summed E-state index contributed by atoms with van der Waals surface area (Å²) in [4.78, 5) is 0. The molecule has 0 unspecified atom stereocenters. The third-order valence-electron chi connectivity index (χ3n) is 10.4. The highest BCUT2D eigenvalue weighted by molar-refractivity contribution is 7.29. The molecule has 0 aliphatic carbocycles. The molecule has 0 N–H and O–H groups in total. The zero-order valence-electron chi connectivity index (χ0n) is 27.0. The Kier molecular flexibility index (Phi) is 6.09. The molecule has 0 bridgehead atoms. The molecule has 0 aliphatic rings. The highest BCUT2D eigenvalue weighted by Crippen LogP contribution is 2.48. The van der Waals surface area contributed by atoms with Crippen molar-refractivity contribution < 1.29 is 0 Å². The molecule has 0 atom stereocenters. The predicted molar refractivity (Wildman–Crippen MR) is 221 cm³/mol. The third kappa shape index (κ3) is 4.16. The second-order valence-corrected chi connectivity index (χ2v) is 15.3. The van der Waals surface area contributed by atoms with Crippen molar-refractivity contribution >= 4 is 95.3 Å². The minimum atomic E-state index is 1.24. The van der Waals surface area contributed by atoms with Gasteiger partial charge in [0.25, 0.3) is 0 Å². The minimum Gasteiger partial charge on any atom is -0.135 e. The maximum Gasteiger partial charge on any atom is 0.0448 e. The average Bonchev–Trinajstić information content (AvgIpc) is 3.75. The van der Waals surface area contributed by atoms with Gasteiger partial charge in [-0.15, -0.1) is 22.7 Å². The average molecular weight is 669 g/mol. The van der Waals surface area contributed by atoms with E-state index in [-0.39, 0.29) is 0 Å². The van der Waals surface area contributed by atoms with Crippen molar-refractivity contribution in [3.05, 3.63) is 170 Å². The van der Waals surface area contributed by atoms with Crippen molar-refractivity contribution in [3.8, 4) is 33.4 Å². The van der Waals surface area contributed by atoms with E-state index in [0.717, 1.165) is 0 Å². The van der Waals surface area contributed by atoms with Crippen molar-refractivity contribution in [3.63, 3.8) is 0 Å². The Morgan fingerprint density at radius 3 is 1.52 bits per heavy atom. The van der Waals surface area contributed by atoms with Crippen molar-refractivity contribution in [2.24, 2.45) is 0 Å². The van der Waals surface area contributed by atoms with E-state index < -0.39 is 0 Å². The highest BCUT2D eigenvalue weighted by Gasteiger charge is 2.19. The van der Waals surface area contributed by atoms with Crippen LogP contribution >= 0.6 is 22.7 Å². The first kappa shape index (κ1) is 28.1. The first-order valence-corrected chi connectivity index (χ1v) is 18.7. The first-order chi connectivity index (χ1) is 24.8. The summed E-state index contributed by atoms with van der Waals surface area (Å²) in [6.45, 7) is 0. The molecule has 0 saturated heterocycles. The fraction of sp³-hybridized carbons (Fsp3) is 0. The summed E-state index contributed by atoms with van der Waals surface area (Å²) in [6, 6.07) is 63.0. The van der Waals surface area contributed by atoms with E-state index in [0.29, 0.717) is 0 Å². The van der Waals surface area contributed by atoms with Gasteiger partial charge in [-0.1, -0.05) is 140 Å². The Balaban J connectivity index is 1.12. The number of benzene rings is 9. The van der Waals surface area contributed by atoms with Gasteiger partial charge in [-0.3, -0.25) is 0 Å². The van der Waals surface area contributed by atoms with E-state index in [2.05, 4.69) is 170 Å². The number of hydrogen-bond donors (Lipinski definition) is 0. The lowest BCUT2D eigenvalue weighted by Gasteiger charge is -2.18. The van der Waals surface area contributed by atoms with Gasteiger partial charge in [0.1, 0.15) is 0 Å². The van der Waals surface area contributed by atoms with E-state index in [1.54, 1.807) is 0 Å². The summed E-state index contributed by atoms with van der Waals surface area (Å²) in [7, 11) is 0. The maximum atomic E-state index is 2.44. The molecule has 232 valence electrons. The van der Waals surface area contributed by atoms with Gasteiger partial charge < -0.3 is 0 Å². The zero-order chi connectivity index (χ0) is 32.8. The Hall–Kier alpha value is -5.80. The van der Waals surface area contributed by atoms with Crippen LogP contribution in [0.2, 0.25) is 0 Å². The summed E-state index contributed by atoms with van der Waals surface area (Å²) in [5.41, 5.74) is 7.60. The SMILES string of the molecule is c1ccc(-c2ccc3cc(-c4c5ccccc5c(-c5ccc6c(c5)sc5ccc7c8ccccc8sc7c56)c5ccccc45)ccc3c2)cc1. The quantitative estimate of drug-likeness (QED) is 0.164. The van der Waals surface area contributed by atoms with Gasteiger partial charge in [0.2, 0.25) is 0 Å². The molecule has 50 heavy (non-hydrogen) atoms. The summed E-state index contributed by atoms with van der Waals surface area (Å²) in [5.74, 6) is 0. The zero-order valence-corrected chi connectivity index (χ0v) is 28.6. The van der Waals surface area contributed by atoms with Crippen LogP contribution in [0, 0.1) is 0 Å². The molecule has 0 spiro atoms. The topological polar surface area (TPSA) is 0 Å². The van der Waals surface area contributed by atoms with Crippen LogP contribution in [0.5, 0.6) is 0 Å². The monoisotopic (exact) mass is 668 g/mol. The van der Waals surface area contributed by atoms with Crippen LogP contribution in [-0.4, -0.2) is 0 Å². The fourth-order valence-corrected chi connectivity index (χ4v) is 10.6. The second-order valence-electron chi connectivity index (χ2n) is 13.2. The Bertz CT molecular complexity index is 3080. The van der Waals surface area contributed by atoms with Gasteiger partial charge in [-0.25, -0.2) is 0 Å². The van der Waals surface area contributed by atoms with E-state index in [4.69, 9.17) is 0 Å². The molecule has 2 heterocycles. The van der Waals surface area contributed by atoms with Crippen LogP contribution in [0.15, 0.2) is 170 Å². The predicted octanol–water partition coefficient (Wildman–Crippen LogP) is 14.9. The normalized spacial score (nSPS) is 12.0. The first-order valence-electron chi connectivity index (χ1n) is 17.1. The van der Waals surface area contributed by atoms with E-state index in [9.17, 15) is 0 Å². The lowest BCUT2D eigenvalue weighted by molar-refractivity contribution is 1.64. The van der Waals surface area contributed by atoms with Crippen molar-refractivity contribution in [2.75, 3.05) is 0 Å². The maximum absolute atomic E-state index is 2.44. The molecule has 0 fully saturated rings. The van der Waals surface area contributed by atoms with Crippen LogP contribution in [-0.2, 0) is 0 Å². The highest BCUT2D eigenvalue weighted by atomic mass is 32.1. The Morgan fingerprint density at radius 2 is 0.820 bits per heavy atom. The molecule has 2 heteroatoms. The number of rotatable bonds is 3. The molecule has 0 saturated carbocycles. The molecular formula is C48H28S2. The Labute approximate surface area is 297 Å². The van der Waals surface area contributed by atoms with E-state index >= 15 is 0 Å². The van der Waals surface area contributed by atoms with Gasteiger partial charge in [0.05, 0.1) is 0 Å². The number of fused-ring (bicyclic) bond motifs is 10. The molecule has 11 aromatic rings.